The number of anilines is 1. The molecule has 168 valence electrons. The van der Waals surface area contributed by atoms with Crippen LogP contribution in [0.4, 0.5) is 14.5 Å². The molecular formula is C23H28F2N2O3S. The van der Waals surface area contributed by atoms with Crippen molar-refractivity contribution in [3.05, 3.63) is 63.1 Å². The Hall–Kier alpha value is -2.22. The minimum absolute atomic E-state index is 0.0378. The summed E-state index contributed by atoms with van der Waals surface area (Å²) in [6.45, 7) is 1.75. The quantitative estimate of drug-likeness (QED) is 0.686. The normalized spacial score (nSPS) is 18.0. The smallest absolute Gasteiger partial charge is 0.287 e. The van der Waals surface area contributed by atoms with Gasteiger partial charge >= 0.3 is 0 Å². The zero-order valence-corrected chi connectivity index (χ0v) is 18.5. The van der Waals surface area contributed by atoms with Gasteiger partial charge in [-0.2, -0.15) is 0 Å². The summed E-state index contributed by atoms with van der Waals surface area (Å²) >= 11 is 0. The molecule has 2 fully saturated rings. The van der Waals surface area contributed by atoms with Gasteiger partial charge in [-0.15, -0.1) is 0 Å². The van der Waals surface area contributed by atoms with Gasteiger partial charge in [-0.1, -0.05) is 37.8 Å². The lowest BCUT2D eigenvalue weighted by molar-refractivity contribution is 0.473. The molecule has 31 heavy (non-hydrogen) atoms. The highest BCUT2D eigenvalue weighted by Crippen LogP contribution is 2.32. The molecule has 1 aromatic heterocycles. The van der Waals surface area contributed by atoms with Gasteiger partial charge in [-0.3, -0.25) is 9.52 Å². The molecule has 0 saturated heterocycles. The Bertz CT molecular complexity index is 1130. The van der Waals surface area contributed by atoms with Gasteiger partial charge in [0.25, 0.3) is 5.56 Å². The maximum absolute atomic E-state index is 15.3. The Kier molecular flexibility index (Phi) is 6.19. The summed E-state index contributed by atoms with van der Waals surface area (Å²) in [6, 6.07) is 4.44. The van der Waals surface area contributed by atoms with Crippen LogP contribution in [0.25, 0.3) is 0 Å². The molecule has 5 nitrogen and oxygen atoms in total. The third-order valence-electron chi connectivity index (χ3n) is 6.57. The summed E-state index contributed by atoms with van der Waals surface area (Å²) in [5, 5.41) is -0.536. The molecule has 8 heteroatoms. The summed E-state index contributed by atoms with van der Waals surface area (Å²) in [7, 11) is -3.74. The number of aryl methyl sites for hydroxylation is 1. The van der Waals surface area contributed by atoms with E-state index in [0.29, 0.717) is 12.8 Å². The Labute approximate surface area is 181 Å². The zero-order chi connectivity index (χ0) is 22.2. The topological polar surface area (TPSA) is 68.2 Å². The van der Waals surface area contributed by atoms with Crippen molar-refractivity contribution in [1.82, 2.24) is 4.57 Å². The average Bonchev–Trinajstić information content (AvgIpc) is 3.43. The molecule has 0 amide bonds. The van der Waals surface area contributed by atoms with Crippen molar-refractivity contribution in [3.63, 3.8) is 0 Å². The van der Waals surface area contributed by atoms with Crippen molar-refractivity contribution in [2.24, 2.45) is 0 Å². The van der Waals surface area contributed by atoms with E-state index >= 15 is 4.39 Å². The first-order valence-corrected chi connectivity index (χ1v) is 12.5. The summed E-state index contributed by atoms with van der Waals surface area (Å²) in [5.41, 5.74) is 0.0852. The summed E-state index contributed by atoms with van der Waals surface area (Å²) in [5.74, 6) is -1.53. The van der Waals surface area contributed by atoms with Crippen molar-refractivity contribution < 1.29 is 17.2 Å². The van der Waals surface area contributed by atoms with E-state index < -0.39 is 32.5 Å². The molecule has 0 radical (unpaired) electrons. The van der Waals surface area contributed by atoms with Crippen molar-refractivity contribution in [2.45, 2.75) is 76.0 Å². The molecule has 0 bridgehead atoms. The first kappa shape index (κ1) is 22.0. The fraction of sp³-hybridized carbons (Fsp3) is 0.522. The SMILES string of the molecule is Cc1ccc(Cc2c(NS(=O)(=O)C3CCCC3)cn(C3CCCC3)c(=O)c2F)c(F)c1. The molecule has 4 rings (SSSR count). The molecule has 1 N–H and O–H groups in total. The molecule has 1 aromatic carbocycles. The lowest BCUT2D eigenvalue weighted by Crippen LogP contribution is -2.31. The standard InChI is InChI=1S/C23H28F2N2O3S/c1-15-10-11-16(20(24)12-15)13-19-21(26-31(29,30)18-8-4-5-9-18)14-27(23(28)22(19)25)17-6-2-3-7-17/h10-12,14,17-18,26H,2-9,13H2,1H3. The predicted octanol–water partition coefficient (Wildman–Crippen LogP) is 4.83. The number of rotatable bonds is 6. The molecule has 2 aliphatic carbocycles. The van der Waals surface area contributed by atoms with E-state index in [1.54, 1.807) is 19.1 Å². The molecule has 2 aliphatic rings. The first-order valence-electron chi connectivity index (χ1n) is 11.0. The lowest BCUT2D eigenvalue weighted by Gasteiger charge is -2.21. The van der Waals surface area contributed by atoms with E-state index in [1.807, 2.05) is 0 Å². The number of pyridine rings is 1. The highest BCUT2D eigenvalue weighted by atomic mass is 32.2. The monoisotopic (exact) mass is 450 g/mol. The Morgan fingerprint density at radius 3 is 2.35 bits per heavy atom. The van der Waals surface area contributed by atoms with Crippen LogP contribution in [-0.4, -0.2) is 18.2 Å². The predicted molar refractivity (Wildman–Crippen MR) is 117 cm³/mol. The van der Waals surface area contributed by atoms with E-state index in [9.17, 15) is 17.6 Å². The van der Waals surface area contributed by atoms with Crippen LogP contribution in [0, 0.1) is 18.6 Å². The first-order chi connectivity index (χ1) is 14.8. The Morgan fingerprint density at radius 1 is 1.06 bits per heavy atom. The Balaban J connectivity index is 1.79. The second kappa shape index (κ2) is 8.73. The van der Waals surface area contributed by atoms with E-state index in [0.717, 1.165) is 44.1 Å². The molecule has 0 spiro atoms. The molecule has 0 atom stereocenters. The second-order valence-electron chi connectivity index (χ2n) is 8.81. The summed E-state index contributed by atoms with van der Waals surface area (Å²) < 4.78 is 59.6. The van der Waals surface area contributed by atoms with Crippen molar-refractivity contribution >= 4 is 15.7 Å². The molecular weight excluding hydrogens is 422 g/mol. The minimum Gasteiger partial charge on any atom is -0.308 e. The number of hydrogen-bond acceptors (Lipinski definition) is 3. The van der Waals surface area contributed by atoms with Crippen LogP contribution in [0.3, 0.4) is 0 Å². The molecule has 2 saturated carbocycles. The fourth-order valence-corrected chi connectivity index (χ4v) is 6.38. The zero-order valence-electron chi connectivity index (χ0n) is 17.7. The van der Waals surface area contributed by atoms with Crippen molar-refractivity contribution in [1.29, 1.82) is 0 Å². The van der Waals surface area contributed by atoms with Crippen LogP contribution in [0.1, 0.15) is 74.1 Å². The highest BCUT2D eigenvalue weighted by Gasteiger charge is 2.31. The minimum atomic E-state index is -3.74. The van der Waals surface area contributed by atoms with Crippen LogP contribution >= 0.6 is 0 Å². The van der Waals surface area contributed by atoms with Gasteiger partial charge in [-0.25, -0.2) is 17.2 Å². The van der Waals surface area contributed by atoms with Gasteiger partial charge in [0, 0.05) is 24.2 Å². The van der Waals surface area contributed by atoms with E-state index in [2.05, 4.69) is 4.72 Å². The van der Waals surface area contributed by atoms with Gasteiger partial charge < -0.3 is 4.57 Å². The molecule has 0 unspecified atom stereocenters. The van der Waals surface area contributed by atoms with Gasteiger partial charge in [0.05, 0.1) is 10.9 Å². The van der Waals surface area contributed by atoms with Crippen LogP contribution in [0.5, 0.6) is 0 Å². The molecule has 2 aromatic rings. The third-order valence-corrected chi connectivity index (χ3v) is 8.42. The highest BCUT2D eigenvalue weighted by molar-refractivity contribution is 7.93. The maximum atomic E-state index is 15.3. The number of benzene rings is 1. The molecule has 1 heterocycles. The van der Waals surface area contributed by atoms with E-state index in [1.165, 1.54) is 16.8 Å². The number of nitrogens with zero attached hydrogens (tertiary/aromatic N) is 1. The van der Waals surface area contributed by atoms with Gasteiger partial charge in [0.15, 0.2) is 5.82 Å². The van der Waals surface area contributed by atoms with Gasteiger partial charge in [0.1, 0.15) is 5.82 Å². The number of halogens is 2. The van der Waals surface area contributed by atoms with E-state index in [-0.39, 0.29) is 29.3 Å². The largest absolute Gasteiger partial charge is 0.308 e. The molecule has 0 aliphatic heterocycles. The second-order valence-corrected chi connectivity index (χ2v) is 10.8. The van der Waals surface area contributed by atoms with Crippen LogP contribution in [0.15, 0.2) is 29.2 Å². The van der Waals surface area contributed by atoms with Gasteiger partial charge in [-0.05, 0) is 49.8 Å². The maximum Gasteiger partial charge on any atom is 0.287 e. The van der Waals surface area contributed by atoms with Crippen LogP contribution in [0.2, 0.25) is 0 Å². The fourth-order valence-electron chi connectivity index (χ4n) is 4.77. The van der Waals surface area contributed by atoms with Gasteiger partial charge in [0.2, 0.25) is 10.0 Å². The number of nitrogens with one attached hydrogen (secondary N) is 1. The van der Waals surface area contributed by atoms with Crippen LogP contribution in [-0.2, 0) is 16.4 Å². The van der Waals surface area contributed by atoms with E-state index in [4.69, 9.17) is 0 Å². The number of sulfonamides is 1. The van der Waals surface area contributed by atoms with Crippen molar-refractivity contribution in [2.75, 3.05) is 4.72 Å². The Morgan fingerprint density at radius 2 is 1.71 bits per heavy atom. The third kappa shape index (κ3) is 4.54. The summed E-state index contributed by atoms with van der Waals surface area (Å²) in [4.78, 5) is 12.8. The van der Waals surface area contributed by atoms with Crippen molar-refractivity contribution in [3.8, 4) is 0 Å². The number of hydrogen-bond donors (Lipinski definition) is 1. The lowest BCUT2D eigenvalue weighted by atomic mass is 10.0. The van der Waals surface area contributed by atoms with Crippen LogP contribution < -0.4 is 10.3 Å². The average molecular weight is 451 g/mol. The number of aromatic nitrogens is 1. The summed E-state index contributed by atoms with van der Waals surface area (Å²) in [6.07, 6.45) is 7.39.